The summed E-state index contributed by atoms with van der Waals surface area (Å²) >= 11 is 0. The second-order valence-corrected chi connectivity index (χ2v) is 4.41. The van der Waals surface area contributed by atoms with E-state index in [0.29, 0.717) is 9.80 Å². The van der Waals surface area contributed by atoms with Crippen molar-refractivity contribution in [1.82, 2.24) is 14.9 Å². The SMILES string of the molecule is CO/N=C(\C)C1(N(O)C(C)=O)C(=O)N(C)C(=O)N(C)C1=O. The Morgan fingerprint density at radius 2 is 1.62 bits per heavy atom. The molecule has 0 unspecified atom stereocenters. The average molecular weight is 300 g/mol. The zero-order valence-corrected chi connectivity index (χ0v) is 12.3. The van der Waals surface area contributed by atoms with Crippen LogP contribution >= 0.6 is 0 Å². The minimum absolute atomic E-state index is 0.0467. The van der Waals surface area contributed by atoms with Crippen LogP contribution in [-0.2, 0) is 19.2 Å². The molecule has 116 valence electrons. The van der Waals surface area contributed by atoms with E-state index in [-0.39, 0.29) is 10.8 Å². The number of nitrogens with zero attached hydrogens (tertiary/aromatic N) is 4. The maximum atomic E-state index is 12.4. The van der Waals surface area contributed by atoms with Crippen LogP contribution < -0.4 is 0 Å². The first-order valence-electron chi connectivity index (χ1n) is 5.82. The molecule has 0 spiro atoms. The lowest BCUT2D eigenvalue weighted by Gasteiger charge is -2.43. The smallest absolute Gasteiger partial charge is 0.333 e. The average Bonchev–Trinajstić information content (AvgIpc) is 2.43. The number of urea groups is 1. The molecule has 0 atom stereocenters. The van der Waals surface area contributed by atoms with E-state index in [1.807, 2.05) is 0 Å². The quantitative estimate of drug-likeness (QED) is 0.310. The number of oxime groups is 1. The molecule has 0 aromatic carbocycles. The molecule has 1 aliphatic rings. The fraction of sp³-hybridized carbons (Fsp3) is 0.545. The Labute approximate surface area is 120 Å². The highest BCUT2D eigenvalue weighted by molar-refractivity contribution is 6.36. The summed E-state index contributed by atoms with van der Waals surface area (Å²) in [6, 6.07) is -0.886. The molecule has 1 saturated heterocycles. The number of likely N-dealkylation sites (N-methyl/N-ethyl adjacent to an activating group) is 2. The van der Waals surface area contributed by atoms with E-state index in [0.717, 1.165) is 21.0 Å². The topological polar surface area (TPSA) is 120 Å². The van der Waals surface area contributed by atoms with Crippen LogP contribution in [0.15, 0.2) is 5.16 Å². The van der Waals surface area contributed by atoms with Crippen LogP contribution in [0.1, 0.15) is 13.8 Å². The lowest BCUT2D eigenvalue weighted by Crippen LogP contribution is -2.76. The highest BCUT2D eigenvalue weighted by atomic mass is 16.6. The molecule has 1 fully saturated rings. The van der Waals surface area contributed by atoms with Gasteiger partial charge in [0, 0.05) is 21.0 Å². The van der Waals surface area contributed by atoms with E-state index in [1.54, 1.807) is 0 Å². The predicted molar refractivity (Wildman–Crippen MR) is 68.1 cm³/mol. The molecule has 0 aromatic rings. The highest BCUT2D eigenvalue weighted by Gasteiger charge is 2.63. The number of rotatable bonds is 3. The molecular formula is C11H16N4O6. The van der Waals surface area contributed by atoms with Gasteiger partial charge >= 0.3 is 6.03 Å². The Morgan fingerprint density at radius 1 is 1.19 bits per heavy atom. The standard InChI is InChI=1S/C11H16N4O6/c1-6(12-21-5)11(15(20)7(2)16)8(17)13(3)10(19)14(4)9(11)18/h20H,1-5H3/b12-6+. The molecule has 1 rings (SSSR count). The molecule has 1 N–H and O–H groups in total. The third kappa shape index (κ3) is 2.13. The molecule has 1 heterocycles. The summed E-state index contributed by atoms with van der Waals surface area (Å²) in [5.41, 5.74) is -2.76. The van der Waals surface area contributed by atoms with Crippen molar-refractivity contribution in [3.05, 3.63) is 0 Å². The van der Waals surface area contributed by atoms with Crippen molar-refractivity contribution in [2.45, 2.75) is 19.4 Å². The maximum absolute atomic E-state index is 12.4. The number of hydrogen-bond acceptors (Lipinski definition) is 7. The van der Waals surface area contributed by atoms with Crippen LogP contribution in [0.25, 0.3) is 0 Å². The lowest BCUT2D eigenvalue weighted by atomic mass is 9.88. The van der Waals surface area contributed by atoms with Gasteiger partial charge in [-0.15, -0.1) is 0 Å². The molecule has 21 heavy (non-hydrogen) atoms. The summed E-state index contributed by atoms with van der Waals surface area (Å²) in [7, 11) is 3.41. The minimum Gasteiger partial charge on any atom is -0.399 e. The van der Waals surface area contributed by atoms with Gasteiger partial charge in [-0.05, 0) is 6.92 Å². The number of imide groups is 2. The Morgan fingerprint density at radius 3 is 1.95 bits per heavy atom. The summed E-state index contributed by atoms with van der Waals surface area (Å²) in [5, 5.41) is 13.4. The fourth-order valence-electron chi connectivity index (χ4n) is 2.06. The first-order chi connectivity index (χ1) is 9.63. The molecule has 10 nitrogen and oxygen atoms in total. The number of hydroxylamine groups is 2. The van der Waals surface area contributed by atoms with E-state index in [2.05, 4.69) is 9.99 Å². The van der Waals surface area contributed by atoms with Crippen molar-refractivity contribution in [3.63, 3.8) is 0 Å². The van der Waals surface area contributed by atoms with Crippen molar-refractivity contribution >= 4 is 29.5 Å². The van der Waals surface area contributed by atoms with Gasteiger partial charge < -0.3 is 4.84 Å². The van der Waals surface area contributed by atoms with Crippen LogP contribution in [0.4, 0.5) is 4.79 Å². The van der Waals surface area contributed by atoms with Gasteiger partial charge in [-0.3, -0.25) is 29.4 Å². The monoisotopic (exact) mass is 300 g/mol. The van der Waals surface area contributed by atoms with Gasteiger partial charge in [0.2, 0.25) is 5.91 Å². The molecule has 0 radical (unpaired) electrons. The normalized spacial score (nSPS) is 19.0. The third-order valence-corrected chi connectivity index (χ3v) is 3.17. The van der Waals surface area contributed by atoms with Crippen molar-refractivity contribution in [3.8, 4) is 0 Å². The fourth-order valence-corrected chi connectivity index (χ4v) is 2.06. The van der Waals surface area contributed by atoms with Crippen molar-refractivity contribution in [1.29, 1.82) is 0 Å². The van der Waals surface area contributed by atoms with Gasteiger partial charge in [0.1, 0.15) is 12.8 Å². The van der Waals surface area contributed by atoms with Gasteiger partial charge in [0.15, 0.2) is 0 Å². The number of carbonyl (C=O) groups excluding carboxylic acids is 4. The molecule has 10 heteroatoms. The van der Waals surface area contributed by atoms with Gasteiger partial charge in [0.05, 0.1) is 0 Å². The second-order valence-electron chi connectivity index (χ2n) is 4.41. The maximum Gasteiger partial charge on any atom is 0.333 e. The summed E-state index contributed by atoms with van der Waals surface area (Å²) in [6.45, 7) is 2.18. The van der Waals surface area contributed by atoms with E-state index in [9.17, 15) is 24.4 Å². The zero-order valence-electron chi connectivity index (χ0n) is 12.3. The molecule has 5 amide bonds. The zero-order chi connectivity index (χ0) is 16.5. The van der Waals surface area contributed by atoms with Crippen LogP contribution in [0.2, 0.25) is 0 Å². The van der Waals surface area contributed by atoms with Gasteiger partial charge in [-0.1, -0.05) is 5.16 Å². The van der Waals surface area contributed by atoms with E-state index >= 15 is 0 Å². The van der Waals surface area contributed by atoms with Crippen LogP contribution in [0.5, 0.6) is 0 Å². The van der Waals surface area contributed by atoms with Crippen LogP contribution in [-0.4, -0.2) is 76.3 Å². The molecule has 0 aliphatic carbocycles. The molecular weight excluding hydrogens is 284 g/mol. The third-order valence-electron chi connectivity index (χ3n) is 3.17. The molecule has 0 bridgehead atoms. The van der Waals surface area contributed by atoms with Gasteiger partial charge in [-0.25, -0.2) is 4.79 Å². The van der Waals surface area contributed by atoms with Gasteiger partial charge in [-0.2, -0.15) is 5.06 Å². The number of barbiturate groups is 1. The number of carbonyl (C=O) groups is 4. The Hall–Kier alpha value is -2.49. The van der Waals surface area contributed by atoms with Gasteiger partial charge in [0.25, 0.3) is 17.4 Å². The van der Waals surface area contributed by atoms with Crippen molar-refractivity contribution < 1.29 is 29.2 Å². The Balaban J connectivity index is 3.66. The first kappa shape index (κ1) is 16.6. The number of amides is 5. The Kier molecular flexibility index (Phi) is 4.32. The molecule has 0 saturated carbocycles. The Bertz CT molecular complexity index is 519. The van der Waals surface area contributed by atoms with E-state index in [1.165, 1.54) is 14.0 Å². The molecule has 1 aliphatic heterocycles. The van der Waals surface area contributed by atoms with Crippen molar-refractivity contribution in [2.75, 3.05) is 21.2 Å². The summed E-state index contributed by atoms with van der Waals surface area (Å²) in [4.78, 5) is 53.9. The molecule has 0 aromatic heterocycles. The lowest BCUT2D eigenvalue weighted by molar-refractivity contribution is -0.196. The van der Waals surface area contributed by atoms with E-state index < -0.39 is 29.3 Å². The first-order valence-corrected chi connectivity index (χ1v) is 5.82. The minimum atomic E-state index is -2.47. The van der Waals surface area contributed by atoms with Crippen LogP contribution in [0.3, 0.4) is 0 Å². The highest BCUT2D eigenvalue weighted by Crippen LogP contribution is 2.27. The summed E-state index contributed by atoms with van der Waals surface area (Å²) in [5.74, 6) is -3.18. The summed E-state index contributed by atoms with van der Waals surface area (Å²) < 4.78 is 0. The van der Waals surface area contributed by atoms with E-state index in [4.69, 9.17) is 0 Å². The second kappa shape index (κ2) is 5.48. The predicted octanol–water partition coefficient (Wildman–Crippen LogP) is -0.964. The van der Waals surface area contributed by atoms with Crippen LogP contribution in [0, 0.1) is 0 Å². The summed E-state index contributed by atoms with van der Waals surface area (Å²) in [6.07, 6.45) is 0. The number of hydrogen-bond donors (Lipinski definition) is 1. The van der Waals surface area contributed by atoms with Crippen molar-refractivity contribution in [2.24, 2.45) is 5.16 Å². The largest absolute Gasteiger partial charge is 0.399 e.